The molecule has 1 aliphatic rings. The van der Waals surface area contributed by atoms with Crippen LogP contribution in [0.2, 0.25) is 0 Å². The van der Waals surface area contributed by atoms with Crippen molar-refractivity contribution in [3.05, 3.63) is 83.7 Å². The quantitative estimate of drug-likeness (QED) is 0.526. The Morgan fingerprint density at radius 1 is 0.969 bits per heavy atom. The second-order valence-electron chi connectivity index (χ2n) is 7.48. The molecule has 1 unspecified atom stereocenters. The third-order valence-corrected chi connectivity index (χ3v) is 5.07. The van der Waals surface area contributed by atoms with Crippen molar-refractivity contribution in [2.75, 3.05) is 18.7 Å². The molecular weight excluding hydrogens is 411 g/mol. The van der Waals surface area contributed by atoms with Crippen LogP contribution >= 0.6 is 0 Å². The number of benzene rings is 3. The predicted molar refractivity (Wildman–Crippen MR) is 120 cm³/mol. The summed E-state index contributed by atoms with van der Waals surface area (Å²) in [6.45, 7) is 2.71. The molecule has 1 atom stereocenters. The van der Waals surface area contributed by atoms with Crippen molar-refractivity contribution >= 4 is 11.7 Å². The van der Waals surface area contributed by atoms with Gasteiger partial charge in [0.15, 0.2) is 11.5 Å². The van der Waals surface area contributed by atoms with Crippen molar-refractivity contribution in [2.45, 2.75) is 25.8 Å². The number of fused-ring (bicyclic) bond motifs is 1. The van der Waals surface area contributed by atoms with Gasteiger partial charge in [-0.2, -0.15) is 0 Å². The van der Waals surface area contributed by atoms with Gasteiger partial charge >= 0.3 is 6.03 Å². The molecule has 6 nitrogen and oxygen atoms in total. The van der Waals surface area contributed by atoms with Gasteiger partial charge in [-0.3, -0.25) is 0 Å². The molecule has 7 heteroatoms. The van der Waals surface area contributed by atoms with E-state index < -0.39 is 0 Å². The zero-order valence-corrected chi connectivity index (χ0v) is 17.8. The van der Waals surface area contributed by atoms with Crippen LogP contribution in [0.1, 0.15) is 18.1 Å². The molecule has 0 radical (unpaired) electrons. The zero-order chi connectivity index (χ0) is 22.3. The minimum absolute atomic E-state index is 0.209. The number of anilines is 1. The van der Waals surface area contributed by atoms with Gasteiger partial charge in [-0.05, 0) is 79.4 Å². The van der Waals surface area contributed by atoms with E-state index in [1.165, 1.54) is 12.1 Å². The molecule has 0 spiro atoms. The number of nitrogens with one attached hydrogen (secondary N) is 2. The first-order chi connectivity index (χ1) is 15.6. The Labute approximate surface area is 186 Å². The molecule has 4 rings (SSSR count). The SMILES string of the molecule is CCOc1ccc(NC(=O)NC(Cc2ccc(F)cc2)Cc2ccc3c(c2)OCO3)cc1. The number of urea groups is 1. The molecule has 1 heterocycles. The summed E-state index contributed by atoms with van der Waals surface area (Å²) >= 11 is 0. The van der Waals surface area contributed by atoms with Gasteiger partial charge in [0.2, 0.25) is 6.79 Å². The molecule has 0 saturated carbocycles. The van der Waals surface area contributed by atoms with Crippen molar-refractivity contribution in [3.8, 4) is 17.2 Å². The maximum atomic E-state index is 13.3. The third kappa shape index (κ3) is 5.69. The van der Waals surface area contributed by atoms with E-state index >= 15 is 0 Å². The van der Waals surface area contributed by atoms with Gasteiger partial charge in [0.1, 0.15) is 11.6 Å². The lowest BCUT2D eigenvalue weighted by Crippen LogP contribution is -2.40. The number of ether oxygens (including phenoxy) is 3. The number of hydrogen-bond acceptors (Lipinski definition) is 4. The lowest BCUT2D eigenvalue weighted by atomic mass is 9.98. The molecule has 0 saturated heterocycles. The number of halogens is 1. The molecule has 32 heavy (non-hydrogen) atoms. The monoisotopic (exact) mass is 436 g/mol. The fraction of sp³-hybridized carbons (Fsp3) is 0.240. The van der Waals surface area contributed by atoms with Crippen LogP contribution in [-0.2, 0) is 12.8 Å². The molecule has 2 amide bonds. The van der Waals surface area contributed by atoms with E-state index in [4.69, 9.17) is 14.2 Å². The molecule has 2 N–H and O–H groups in total. The molecule has 0 aromatic heterocycles. The first-order valence-corrected chi connectivity index (χ1v) is 10.5. The number of carbonyl (C=O) groups is 1. The first kappa shape index (κ1) is 21.5. The Hall–Kier alpha value is -3.74. The van der Waals surface area contributed by atoms with Crippen LogP contribution in [0.4, 0.5) is 14.9 Å². The van der Waals surface area contributed by atoms with Crippen LogP contribution in [-0.4, -0.2) is 25.5 Å². The molecule has 3 aromatic carbocycles. The Morgan fingerprint density at radius 2 is 1.66 bits per heavy atom. The largest absolute Gasteiger partial charge is 0.494 e. The molecule has 0 bridgehead atoms. The van der Waals surface area contributed by atoms with Crippen LogP contribution < -0.4 is 24.8 Å². The van der Waals surface area contributed by atoms with Crippen molar-refractivity contribution in [1.82, 2.24) is 5.32 Å². The highest BCUT2D eigenvalue weighted by molar-refractivity contribution is 5.89. The number of amides is 2. The summed E-state index contributed by atoms with van der Waals surface area (Å²) in [7, 11) is 0. The normalized spacial score (nSPS) is 12.8. The fourth-order valence-corrected chi connectivity index (χ4v) is 3.59. The molecule has 1 aliphatic heterocycles. The Kier molecular flexibility index (Phi) is 6.75. The minimum atomic E-state index is -0.318. The minimum Gasteiger partial charge on any atom is -0.494 e. The second-order valence-corrected chi connectivity index (χ2v) is 7.48. The predicted octanol–water partition coefficient (Wildman–Crippen LogP) is 4.93. The van der Waals surface area contributed by atoms with Crippen molar-refractivity contribution in [3.63, 3.8) is 0 Å². The number of rotatable bonds is 8. The van der Waals surface area contributed by atoms with Gasteiger partial charge in [0.25, 0.3) is 0 Å². The van der Waals surface area contributed by atoms with Crippen LogP contribution in [0.25, 0.3) is 0 Å². The zero-order valence-electron chi connectivity index (χ0n) is 17.8. The molecule has 166 valence electrons. The summed E-state index contributed by atoms with van der Waals surface area (Å²) < 4.78 is 29.6. The summed E-state index contributed by atoms with van der Waals surface area (Å²) in [6, 6.07) is 18.7. The van der Waals surface area contributed by atoms with Crippen molar-refractivity contribution in [2.24, 2.45) is 0 Å². The van der Waals surface area contributed by atoms with Gasteiger partial charge in [0.05, 0.1) is 6.61 Å². The highest BCUT2D eigenvalue weighted by Gasteiger charge is 2.18. The maximum Gasteiger partial charge on any atom is 0.319 e. The molecule has 0 aliphatic carbocycles. The van der Waals surface area contributed by atoms with Crippen LogP contribution in [0.5, 0.6) is 17.2 Å². The highest BCUT2D eigenvalue weighted by atomic mass is 19.1. The average molecular weight is 436 g/mol. The Morgan fingerprint density at radius 3 is 2.41 bits per heavy atom. The number of hydrogen-bond donors (Lipinski definition) is 2. The van der Waals surface area contributed by atoms with E-state index in [9.17, 15) is 9.18 Å². The van der Waals surface area contributed by atoms with Gasteiger partial charge < -0.3 is 24.8 Å². The summed E-state index contributed by atoms with van der Waals surface area (Å²) in [4.78, 5) is 12.7. The number of carbonyl (C=O) groups excluding carboxylic acids is 1. The fourth-order valence-electron chi connectivity index (χ4n) is 3.59. The van der Waals surface area contributed by atoms with Crippen LogP contribution in [0, 0.1) is 5.82 Å². The highest BCUT2D eigenvalue weighted by Crippen LogP contribution is 2.33. The van der Waals surface area contributed by atoms with E-state index in [-0.39, 0.29) is 24.7 Å². The molecular formula is C25H25FN2O4. The van der Waals surface area contributed by atoms with Gasteiger partial charge in [0, 0.05) is 11.7 Å². The standard InChI is InChI=1S/C25H25FN2O4/c1-2-30-22-10-8-20(9-11-22)27-25(29)28-21(13-17-3-6-19(26)7-4-17)14-18-5-12-23-24(15-18)32-16-31-23/h3-12,15,21H,2,13-14,16H2,1H3,(H2,27,28,29). The van der Waals surface area contributed by atoms with E-state index in [0.29, 0.717) is 36.6 Å². The smallest absolute Gasteiger partial charge is 0.319 e. The third-order valence-electron chi connectivity index (χ3n) is 5.07. The lowest BCUT2D eigenvalue weighted by molar-refractivity contribution is 0.174. The van der Waals surface area contributed by atoms with Gasteiger partial charge in [-0.1, -0.05) is 18.2 Å². The summed E-state index contributed by atoms with van der Waals surface area (Å²) in [5, 5.41) is 5.89. The van der Waals surface area contributed by atoms with E-state index in [1.54, 1.807) is 24.3 Å². The summed E-state index contributed by atoms with van der Waals surface area (Å²) in [5.74, 6) is 1.87. The first-order valence-electron chi connectivity index (χ1n) is 10.5. The Bertz CT molecular complexity index is 1050. The van der Waals surface area contributed by atoms with Gasteiger partial charge in [-0.25, -0.2) is 9.18 Å². The molecule has 3 aromatic rings. The Balaban J connectivity index is 1.45. The summed E-state index contributed by atoms with van der Waals surface area (Å²) in [5.41, 5.74) is 2.59. The average Bonchev–Trinajstić information content (AvgIpc) is 3.25. The van der Waals surface area contributed by atoms with Gasteiger partial charge in [-0.15, -0.1) is 0 Å². The maximum absolute atomic E-state index is 13.3. The van der Waals surface area contributed by atoms with Crippen molar-refractivity contribution < 1.29 is 23.4 Å². The topological polar surface area (TPSA) is 68.8 Å². The lowest BCUT2D eigenvalue weighted by Gasteiger charge is -2.20. The van der Waals surface area contributed by atoms with E-state index in [1.807, 2.05) is 37.3 Å². The van der Waals surface area contributed by atoms with Crippen LogP contribution in [0.15, 0.2) is 66.7 Å². The second kappa shape index (κ2) is 10.0. The van der Waals surface area contributed by atoms with E-state index in [0.717, 1.165) is 16.9 Å². The van der Waals surface area contributed by atoms with Crippen LogP contribution in [0.3, 0.4) is 0 Å². The summed E-state index contributed by atoms with van der Waals surface area (Å²) in [6.07, 6.45) is 1.12. The van der Waals surface area contributed by atoms with Crippen molar-refractivity contribution in [1.29, 1.82) is 0 Å². The molecule has 0 fully saturated rings. The van der Waals surface area contributed by atoms with E-state index in [2.05, 4.69) is 10.6 Å².